The van der Waals surface area contributed by atoms with E-state index in [0.29, 0.717) is 6.54 Å². The van der Waals surface area contributed by atoms with E-state index in [9.17, 15) is 9.59 Å². The molecule has 0 saturated heterocycles. The Bertz CT molecular complexity index is 398. The number of rotatable bonds is 7. The molecule has 3 N–H and O–H groups in total. The van der Waals surface area contributed by atoms with Gasteiger partial charge in [-0.2, -0.15) is 12.6 Å². The zero-order chi connectivity index (χ0) is 13.4. The van der Waals surface area contributed by atoms with E-state index in [-0.39, 0.29) is 24.2 Å². The van der Waals surface area contributed by atoms with E-state index in [2.05, 4.69) is 23.3 Å². The molecule has 0 radical (unpaired) electrons. The van der Waals surface area contributed by atoms with Crippen LogP contribution in [0.5, 0.6) is 0 Å². The van der Waals surface area contributed by atoms with E-state index in [1.54, 1.807) is 0 Å². The molecule has 0 saturated carbocycles. The van der Waals surface area contributed by atoms with Gasteiger partial charge in [-0.15, -0.1) is 0 Å². The Hall–Kier alpha value is -1.53. The second-order valence-electron chi connectivity index (χ2n) is 3.73. The van der Waals surface area contributed by atoms with Crippen molar-refractivity contribution in [2.45, 2.75) is 5.25 Å². The van der Waals surface area contributed by atoms with Gasteiger partial charge >= 0.3 is 5.97 Å². The highest BCUT2D eigenvalue weighted by atomic mass is 32.1. The maximum atomic E-state index is 11.2. The van der Waals surface area contributed by atoms with Crippen molar-refractivity contribution in [2.24, 2.45) is 0 Å². The third kappa shape index (κ3) is 5.70. The molecule has 0 aromatic heterocycles. The van der Waals surface area contributed by atoms with Crippen LogP contribution in [0.3, 0.4) is 0 Å². The Morgan fingerprint density at radius 1 is 1.22 bits per heavy atom. The van der Waals surface area contributed by atoms with Crippen LogP contribution in [-0.4, -0.2) is 36.6 Å². The maximum absolute atomic E-state index is 11.2. The fourth-order valence-electron chi connectivity index (χ4n) is 1.35. The number of benzene rings is 1. The molecular formula is C12H16N2O3S. The van der Waals surface area contributed by atoms with E-state index < -0.39 is 5.97 Å². The molecule has 18 heavy (non-hydrogen) atoms. The SMILES string of the molecule is O=C(O)CNC(=O)CNCC(S)c1ccccc1. The number of carbonyl (C=O) groups is 2. The number of hydrogen-bond acceptors (Lipinski definition) is 4. The van der Waals surface area contributed by atoms with Crippen LogP contribution in [0.1, 0.15) is 10.8 Å². The number of amides is 1. The first kappa shape index (κ1) is 14.5. The lowest BCUT2D eigenvalue weighted by Crippen LogP contribution is -2.37. The van der Waals surface area contributed by atoms with E-state index in [4.69, 9.17) is 5.11 Å². The Morgan fingerprint density at radius 3 is 2.50 bits per heavy atom. The predicted molar refractivity (Wildman–Crippen MR) is 71.7 cm³/mol. The third-order valence-corrected chi connectivity index (χ3v) is 2.73. The summed E-state index contributed by atoms with van der Waals surface area (Å²) in [6, 6.07) is 9.71. The van der Waals surface area contributed by atoms with Crippen LogP contribution in [0, 0.1) is 0 Å². The van der Waals surface area contributed by atoms with Gasteiger partial charge in [0.15, 0.2) is 0 Å². The van der Waals surface area contributed by atoms with Crippen molar-refractivity contribution in [3.05, 3.63) is 35.9 Å². The molecule has 1 atom stereocenters. The molecule has 1 unspecified atom stereocenters. The molecule has 0 heterocycles. The van der Waals surface area contributed by atoms with Gasteiger partial charge in [-0.25, -0.2) is 0 Å². The summed E-state index contributed by atoms with van der Waals surface area (Å²) in [6.45, 7) is 0.258. The van der Waals surface area contributed by atoms with Gasteiger partial charge in [0, 0.05) is 11.8 Å². The molecule has 5 nitrogen and oxygen atoms in total. The minimum atomic E-state index is -1.06. The summed E-state index contributed by atoms with van der Waals surface area (Å²) in [6.07, 6.45) is 0. The summed E-state index contributed by atoms with van der Waals surface area (Å²) in [4.78, 5) is 21.4. The molecule has 1 amide bonds. The second-order valence-corrected chi connectivity index (χ2v) is 4.35. The summed E-state index contributed by atoms with van der Waals surface area (Å²) in [5.41, 5.74) is 1.07. The number of hydrogen-bond donors (Lipinski definition) is 4. The van der Waals surface area contributed by atoms with Gasteiger partial charge in [-0.3, -0.25) is 9.59 Å². The van der Waals surface area contributed by atoms with Crippen molar-refractivity contribution < 1.29 is 14.7 Å². The molecule has 0 aliphatic rings. The monoisotopic (exact) mass is 268 g/mol. The maximum Gasteiger partial charge on any atom is 0.322 e. The van der Waals surface area contributed by atoms with Gasteiger partial charge in [0.25, 0.3) is 0 Å². The Balaban J connectivity index is 2.21. The van der Waals surface area contributed by atoms with E-state index >= 15 is 0 Å². The van der Waals surface area contributed by atoms with E-state index in [1.165, 1.54) is 0 Å². The normalized spacial score (nSPS) is 11.8. The van der Waals surface area contributed by atoms with Crippen molar-refractivity contribution in [3.63, 3.8) is 0 Å². The minimum Gasteiger partial charge on any atom is -0.480 e. The molecule has 0 aliphatic carbocycles. The van der Waals surface area contributed by atoms with Gasteiger partial charge in [-0.05, 0) is 5.56 Å². The number of nitrogens with one attached hydrogen (secondary N) is 2. The van der Waals surface area contributed by atoms with Gasteiger partial charge in [-0.1, -0.05) is 30.3 Å². The van der Waals surface area contributed by atoms with Crippen molar-refractivity contribution in [2.75, 3.05) is 19.6 Å². The fraction of sp³-hybridized carbons (Fsp3) is 0.333. The van der Waals surface area contributed by atoms with Crippen molar-refractivity contribution >= 4 is 24.5 Å². The zero-order valence-electron chi connectivity index (χ0n) is 9.80. The molecule has 1 aromatic carbocycles. The van der Waals surface area contributed by atoms with Crippen molar-refractivity contribution in [3.8, 4) is 0 Å². The van der Waals surface area contributed by atoms with Crippen LogP contribution in [0.15, 0.2) is 30.3 Å². The standard InChI is InChI=1S/C12H16N2O3S/c15-11(14-8-12(16)17)7-13-6-10(18)9-4-2-1-3-5-9/h1-5,10,13,18H,6-8H2,(H,14,15)(H,16,17). The topological polar surface area (TPSA) is 78.4 Å². The predicted octanol–water partition coefficient (Wildman–Crippen LogP) is 0.448. The van der Waals surface area contributed by atoms with Gasteiger partial charge in [0.05, 0.1) is 6.54 Å². The first-order valence-corrected chi connectivity index (χ1v) is 6.03. The first-order valence-electron chi connectivity index (χ1n) is 5.52. The van der Waals surface area contributed by atoms with Crippen LogP contribution >= 0.6 is 12.6 Å². The largest absolute Gasteiger partial charge is 0.480 e. The number of carboxylic acids is 1. The fourth-order valence-corrected chi connectivity index (χ4v) is 1.65. The summed E-state index contributed by atoms with van der Waals surface area (Å²) in [5.74, 6) is -1.40. The summed E-state index contributed by atoms with van der Waals surface area (Å²) < 4.78 is 0. The molecule has 0 fully saturated rings. The van der Waals surface area contributed by atoms with Crippen LogP contribution in [0.4, 0.5) is 0 Å². The smallest absolute Gasteiger partial charge is 0.322 e. The quantitative estimate of drug-likeness (QED) is 0.541. The number of carboxylic acid groups (broad SMARTS) is 1. The lowest BCUT2D eigenvalue weighted by molar-refractivity contribution is -0.137. The van der Waals surface area contributed by atoms with E-state index in [1.807, 2.05) is 30.3 Å². The summed E-state index contributed by atoms with van der Waals surface area (Å²) >= 11 is 4.42. The molecule has 0 aliphatic heterocycles. The molecule has 6 heteroatoms. The number of aliphatic carboxylic acids is 1. The Labute approximate surface area is 111 Å². The van der Waals surface area contributed by atoms with Gasteiger partial charge in [0.2, 0.25) is 5.91 Å². The second kappa shape index (κ2) is 7.73. The molecule has 0 bridgehead atoms. The highest BCUT2D eigenvalue weighted by molar-refractivity contribution is 7.80. The van der Waals surface area contributed by atoms with Gasteiger partial charge < -0.3 is 15.7 Å². The van der Waals surface area contributed by atoms with Crippen molar-refractivity contribution in [1.29, 1.82) is 0 Å². The number of thiol groups is 1. The molecular weight excluding hydrogens is 252 g/mol. The van der Waals surface area contributed by atoms with Crippen molar-refractivity contribution in [1.82, 2.24) is 10.6 Å². The zero-order valence-corrected chi connectivity index (χ0v) is 10.7. The van der Waals surface area contributed by atoms with Crippen LogP contribution in [-0.2, 0) is 9.59 Å². The highest BCUT2D eigenvalue weighted by Crippen LogP contribution is 2.17. The molecule has 1 aromatic rings. The van der Waals surface area contributed by atoms with Crippen LogP contribution < -0.4 is 10.6 Å². The average molecular weight is 268 g/mol. The lowest BCUT2D eigenvalue weighted by atomic mass is 10.1. The molecule has 98 valence electrons. The average Bonchev–Trinajstić information content (AvgIpc) is 2.37. The first-order chi connectivity index (χ1) is 8.59. The van der Waals surface area contributed by atoms with Crippen LogP contribution in [0.2, 0.25) is 0 Å². The summed E-state index contributed by atoms with van der Waals surface area (Å²) in [5, 5.41) is 13.6. The van der Waals surface area contributed by atoms with Crippen LogP contribution in [0.25, 0.3) is 0 Å². The van der Waals surface area contributed by atoms with Gasteiger partial charge in [0.1, 0.15) is 6.54 Å². The molecule has 0 spiro atoms. The molecule has 1 rings (SSSR count). The number of carbonyl (C=O) groups excluding carboxylic acids is 1. The Morgan fingerprint density at radius 2 is 1.89 bits per heavy atom. The summed E-state index contributed by atoms with van der Waals surface area (Å²) in [7, 11) is 0. The lowest BCUT2D eigenvalue weighted by Gasteiger charge is -2.12. The highest BCUT2D eigenvalue weighted by Gasteiger charge is 2.07. The van der Waals surface area contributed by atoms with E-state index in [0.717, 1.165) is 5.56 Å². The minimum absolute atomic E-state index is 0.00141. The Kier molecular flexibility index (Phi) is 6.24. The third-order valence-electron chi connectivity index (χ3n) is 2.24.